The Morgan fingerprint density at radius 3 is 1.01 bits per heavy atom. The van der Waals surface area contributed by atoms with E-state index in [0.29, 0.717) is 56.1 Å². The molecule has 6 heterocycles. The fourth-order valence-electron chi connectivity index (χ4n) is 9.26. The molecule has 0 spiro atoms. The van der Waals surface area contributed by atoms with E-state index in [-0.39, 0.29) is 33.3 Å². The summed E-state index contributed by atoms with van der Waals surface area (Å²) in [5.74, 6) is -19.5. The summed E-state index contributed by atoms with van der Waals surface area (Å²) in [5.41, 5.74) is 2.68. The lowest BCUT2D eigenvalue weighted by atomic mass is 10.0. The van der Waals surface area contributed by atoms with Crippen LogP contribution in [0.15, 0.2) is 143 Å². The van der Waals surface area contributed by atoms with Crippen molar-refractivity contribution in [2.45, 2.75) is 13.8 Å². The Kier molecular flexibility index (Phi) is 10.0. The highest BCUT2D eigenvalue weighted by Crippen LogP contribution is 2.42. The second-order valence-corrected chi connectivity index (χ2v) is 17.2. The number of benzene rings is 6. The smallest absolute Gasteiger partial charge is 0.205 e. The summed E-state index contributed by atoms with van der Waals surface area (Å²) >= 11 is 0. The Morgan fingerprint density at radius 2 is 0.653 bits per heavy atom. The van der Waals surface area contributed by atoms with Gasteiger partial charge in [0.25, 0.3) is 0 Å². The quantitative estimate of drug-likeness (QED) is 0.0907. The number of aromatic nitrogens is 4. The van der Waals surface area contributed by atoms with Gasteiger partial charge in [-0.1, -0.05) is 71.8 Å². The molecule has 0 amide bonds. The van der Waals surface area contributed by atoms with E-state index in [1.165, 1.54) is 48.8 Å². The monoisotopic (exact) mass is 978 g/mol. The summed E-state index contributed by atoms with van der Waals surface area (Å²) in [6.07, 6.45) is 2.98. The molecule has 72 heavy (non-hydrogen) atoms. The van der Waals surface area contributed by atoms with E-state index in [4.69, 9.17) is 18.8 Å². The van der Waals surface area contributed by atoms with Crippen molar-refractivity contribution in [3.8, 4) is 68.1 Å². The summed E-state index contributed by atoms with van der Waals surface area (Å²) < 4.78 is 164. The molecule has 0 radical (unpaired) electrons. The minimum absolute atomic E-state index is 0.210. The number of rotatable bonds is 7. The molecule has 6 nitrogen and oxygen atoms in total. The zero-order chi connectivity index (χ0) is 50.0. The fourth-order valence-corrected chi connectivity index (χ4v) is 9.26. The van der Waals surface area contributed by atoms with Crippen molar-refractivity contribution in [1.82, 2.24) is 19.1 Å². The molecular formula is C56H28F10N4O2. The number of halogens is 10. The number of hydrogen-bond donors (Lipinski definition) is 0. The van der Waals surface area contributed by atoms with E-state index in [1.54, 1.807) is 45.5 Å². The molecule has 0 N–H and O–H groups in total. The van der Waals surface area contributed by atoms with Gasteiger partial charge in [0.1, 0.15) is 11.5 Å². The SMILES string of the molecule is Cc1ccc(-c2ccc(-n3c4ccc(-c5c(F)c(F)c(F)c(F)c5F)cc4c4cc(-c5cc6c7cc(-c8c(F)c(F)c(F)c(F)c8F)ccc7n(-c7ccc(-c8ccc(C)cc8)o7)c6cn5)ncc43)o2)cc1. The molecule has 16 heteroatoms. The van der Waals surface area contributed by atoms with Crippen molar-refractivity contribution in [1.29, 1.82) is 0 Å². The van der Waals surface area contributed by atoms with E-state index < -0.39 is 69.3 Å². The van der Waals surface area contributed by atoms with Crippen molar-refractivity contribution in [2.75, 3.05) is 0 Å². The molecule has 12 rings (SSSR count). The van der Waals surface area contributed by atoms with Crippen molar-refractivity contribution in [2.24, 2.45) is 0 Å². The molecular weight excluding hydrogens is 951 g/mol. The normalized spacial score (nSPS) is 11.9. The van der Waals surface area contributed by atoms with Gasteiger partial charge in [0.2, 0.25) is 23.4 Å². The van der Waals surface area contributed by atoms with E-state index >= 15 is 17.6 Å². The highest BCUT2D eigenvalue weighted by molar-refractivity contribution is 6.13. The van der Waals surface area contributed by atoms with E-state index in [1.807, 2.05) is 62.4 Å². The molecule has 0 saturated carbocycles. The summed E-state index contributed by atoms with van der Waals surface area (Å²) in [6.45, 7) is 3.88. The van der Waals surface area contributed by atoms with Crippen LogP contribution in [0, 0.1) is 72.0 Å². The van der Waals surface area contributed by atoms with Gasteiger partial charge in [-0.25, -0.2) is 43.9 Å². The molecule has 0 fully saturated rings. The summed E-state index contributed by atoms with van der Waals surface area (Å²) in [5, 5.41) is 1.34. The topological polar surface area (TPSA) is 61.9 Å². The third-order valence-electron chi connectivity index (χ3n) is 12.9. The van der Waals surface area contributed by atoms with E-state index in [9.17, 15) is 26.3 Å². The van der Waals surface area contributed by atoms with Crippen molar-refractivity contribution < 1.29 is 52.7 Å². The van der Waals surface area contributed by atoms with Crippen LogP contribution in [0.1, 0.15) is 11.1 Å². The van der Waals surface area contributed by atoms with Gasteiger partial charge >= 0.3 is 0 Å². The van der Waals surface area contributed by atoms with Gasteiger partial charge in [-0.05, 0) is 73.5 Å². The Balaban J connectivity index is 1.07. The minimum Gasteiger partial charge on any atom is -0.440 e. The van der Waals surface area contributed by atoms with E-state index in [2.05, 4.69) is 0 Å². The summed E-state index contributed by atoms with van der Waals surface area (Å²) in [6, 6.07) is 33.3. The second kappa shape index (κ2) is 16.3. The average Bonchev–Trinajstić information content (AvgIpc) is 4.21. The highest BCUT2D eigenvalue weighted by Gasteiger charge is 2.30. The number of aryl methyl sites for hydroxylation is 2. The van der Waals surface area contributed by atoms with Crippen LogP contribution in [0.5, 0.6) is 0 Å². The lowest BCUT2D eigenvalue weighted by Gasteiger charge is -2.09. The zero-order valence-corrected chi connectivity index (χ0v) is 37.1. The van der Waals surface area contributed by atoms with Gasteiger partial charge in [0.05, 0.1) is 57.0 Å². The Labute approximate surface area is 399 Å². The molecule has 0 atom stereocenters. The Bertz CT molecular complexity index is 3920. The van der Waals surface area contributed by atoms with Crippen LogP contribution in [0.25, 0.3) is 112 Å². The number of furan rings is 2. The fraction of sp³-hybridized carbons (Fsp3) is 0.0357. The van der Waals surface area contributed by atoms with Gasteiger partial charge in [0.15, 0.2) is 46.5 Å². The first-order valence-electron chi connectivity index (χ1n) is 21.9. The van der Waals surface area contributed by atoms with Crippen LogP contribution in [-0.2, 0) is 0 Å². The maximum Gasteiger partial charge on any atom is 0.205 e. The van der Waals surface area contributed by atoms with Crippen molar-refractivity contribution in [3.05, 3.63) is 203 Å². The highest BCUT2D eigenvalue weighted by atomic mass is 19.2. The average molecular weight is 979 g/mol. The second-order valence-electron chi connectivity index (χ2n) is 17.2. The van der Waals surface area contributed by atoms with Crippen molar-refractivity contribution in [3.63, 3.8) is 0 Å². The standard InChI is InChI=1S/C56H28F10N4O2/c1-25-3-7-27(8-4-25)41-15-17-43(71-41)69-37-13-11-29(45-47(57)51(61)55(65)52(62)48(45)58)19-31(37)33-21-35(67-23-39(33)69)36-22-34-32-20-30(46-49(59)53(63)56(66)54(64)50(46)60)12-14-38(32)70(40(34)24-68-36)44-18-16-42(72-44)28-9-5-26(2)6-10-28/h3-24H,1-2H3. The zero-order valence-electron chi connectivity index (χ0n) is 37.1. The number of hydrogen-bond acceptors (Lipinski definition) is 4. The van der Waals surface area contributed by atoms with E-state index in [0.717, 1.165) is 22.3 Å². The molecule has 0 unspecified atom stereocenters. The molecule has 354 valence electrons. The molecule has 6 aromatic carbocycles. The number of pyridine rings is 2. The maximum atomic E-state index is 15.3. The Hall–Kier alpha value is -8.92. The first-order chi connectivity index (χ1) is 34.7. The van der Waals surface area contributed by atoms with Crippen LogP contribution in [-0.4, -0.2) is 19.1 Å². The number of fused-ring (bicyclic) bond motifs is 6. The molecule has 0 bridgehead atoms. The molecule has 12 aromatic rings. The lowest BCUT2D eigenvalue weighted by Crippen LogP contribution is -2.04. The predicted octanol–water partition coefficient (Wildman–Crippen LogP) is 16.2. The molecule has 0 saturated heterocycles. The summed E-state index contributed by atoms with van der Waals surface area (Å²) in [7, 11) is 0. The first-order valence-corrected chi connectivity index (χ1v) is 21.9. The van der Waals surface area contributed by atoms with Crippen LogP contribution >= 0.6 is 0 Å². The molecule has 0 aliphatic carbocycles. The molecule has 0 aliphatic heterocycles. The first kappa shape index (κ1) is 44.3. The van der Waals surface area contributed by atoms with Gasteiger partial charge in [-0.2, -0.15) is 0 Å². The van der Waals surface area contributed by atoms with Gasteiger partial charge in [-0.3, -0.25) is 19.1 Å². The summed E-state index contributed by atoms with van der Waals surface area (Å²) in [4.78, 5) is 9.51. The van der Waals surface area contributed by atoms with Gasteiger partial charge in [0, 0.05) is 44.8 Å². The number of nitrogens with zero attached hydrogens (tertiary/aromatic N) is 4. The Morgan fingerprint density at radius 1 is 0.333 bits per heavy atom. The molecule has 6 aromatic heterocycles. The van der Waals surface area contributed by atoms with Crippen LogP contribution in [0.4, 0.5) is 43.9 Å². The third kappa shape index (κ3) is 6.72. The van der Waals surface area contributed by atoms with Crippen LogP contribution in [0.3, 0.4) is 0 Å². The third-order valence-corrected chi connectivity index (χ3v) is 12.9. The maximum absolute atomic E-state index is 15.3. The van der Waals surface area contributed by atoms with Gasteiger partial charge in [-0.15, -0.1) is 0 Å². The van der Waals surface area contributed by atoms with Gasteiger partial charge < -0.3 is 8.83 Å². The predicted molar refractivity (Wildman–Crippen MR) is 251 cm³/mol. The largest absolute Gasteiger partial charge is 0.440 e. The lowest BCUT2D eigenvalue weighted by molar-refractivity contribution is 0.381. The minimum atomic E-state index is -2.30. The van der Waals surface area contributed by atoms with Crippen molar-refractivity contribution >= 4 is 43.6 Å². The van der Waals surface area contributed by atoms with Crippen LogP contribution < -0.4 is 0 Å². The van der Waals surface area contributed by atoms with Crippen LogP contribution in [0.2, 0.25) is 0 Å². The molecule has 0 aliphatic rings.